The molecule has 0 saturated carbocycles. The molecule has 1 saturated heterocycles. The van der Waals surface area contributed by atoms with Gasteiger partial charge < -0.3 is 10.5 Å². The molecule has 1 aliphatic rings. The Kier molecular flexibility index (Phi) is 3.40. The van der Waals surface area contributed by atoms with Crippen molar-refractivity contribution in [2.45, 2.75) is 31.2 Å². The first-order valence-electron chi connectivity index (χ1n) is 4.07. The normalized spacial score (nSPS) is 31.7. The van der Waals surface area contributed by atoms with Gasteiger partial charge in [-0.1, -0.05) is 0 Å². The maximum absolute atomic E-state index is 10.1. The number of hydrogen-bond donors (Lipinski definition) is 1. The van der Waals surface area contributed by atoms with Crippen molar-refractivity contribution in [3.63, 3.8) is 0 Å². The fraction of sp³-hybridized carbons (Fsp3) is 0.875. The van der Waals surface area contributed by atoms with Gasteiger partial charge in [0.2, 0.25) is 0 Å². The molecule has 1 unspecified atom stereocenters. The van der Waals surface area contributed by atoms with Gasteiger partial charge in [-0.3, -0.25) is 0 Å². The molecule has 0 radical (unpaired) electrons. The van der Waals surface area contributed by atoms with Crippen LogP contribution in [0.3, 0.4) is 0 Å². The molecular formula is C8H15NOS. The molecule has 0 aromatic rings. The summed E-state index contributed by atoms with van der Waals surface area (Å²) in [6.45, 7) is 0. The topological polar surface area (TPSA) is 43.1 Å². The minimum atomic E-state index is -0.0379. The zero-order valence-electron chi connectivity index (χ0n) is 6.71. The Morgan fingerprint density at radius 1 is 1.64 bits per heavy atom. The summed E-state index contributed by atoms with van der Waals surface area (Å²) in [5, 5.41) is 0. The monoisotopic (exact) mass is 173 g/mol. The number of hydrogen-bond acceptors (Lipinski definition) is 3. The van der Waals surface area contributed by atoms with Crippen LogP contribution in [-0.4, -0.2) is 23.3 Å². The Bertz CT molecular complexity index is 132. The summed E-state index contributed by atoms with van der Waals surface area (Å²) in [5.41, 5.74) is 6.03. The molecular weight excluding hydrogens is 158 g/mol. The van der Waals surface area contributed by atoms with Crippen LogP contribution in [0, 0.1) is 0 Å². The highest BCUT2D eigenvalue weighted by molar-refractivity contribution is 7.99. The fourth-order valence-electron chi connectivity index (χ4n) is 1.42. The van der Waals surface area contributed by atoms with Crippen molar-refractivity contribution in [2.75, 3.05) is 11.5 Å². The zero-order chi connectivity index (χ0) is 8.16. The lowest BCUT2D eigenvalue weighted by Gasteiger charge is -2.32. The summed E-state index contributed by atoms with van der Waals surface area (Å²) in [5.74, 6) is 2.26. The minimum absolute atomic E-state index is 0.0379. The molecule has 1 rings (SSSR count). The first-order chi connectivity index (χ1) is 5.27. The molecule has 0 aromatic heterocycles. The third-order valence-corrected chi connectivity index (χ3v) is 3.47. The van der Waals surface area contributed by atoms with Crippen molar-refractivity contribution in [1.82, 2.24) is 0 Å². The SMILES string of the molecule is NC1(CCC=O)CCCSC1. The van der Waals surface area contributed by atoms with Gasteiger partial charge in [-0.05, 0) is 25.0 Å². The Hall–Kier alpha value is -0.0200. The Morgan fingerprint density at radius 3 is 3.00 bits per heavy atom. The van der Waals surface area contributed by atoms with E-state index in [1.54, 1.807) is 0 Å². The molecule has 0 bridgehead atoms. The third-order valence-electron chi connectivity index (χ3n) is 2.11. The summed E-state index contributed by atoms with van der Waals surface area (Å²) in [7, 11) is 0. The predicted molar refractivity (Wildman–Crippen MR) is 48.8 cm³/mol. The van der Waals surface area contributed by atoms with E-state index in [2.05, 4.69) is 0 Å². The van der Waals surface area contributed by atoms with Crippen LogP contribution in [0.5, 0.6) is 0 Å². The van der Waals surface area contributed by atoms with E-state index in [0.29, 0.717) is 6.42 Å². The highest BCUT2D eigenvalue weighted by Gasteiger charge is 2.26. The van der Waals surface area contributed by atoms with Crippen LogP contribution < -0.4 is 5.73 Å². The summed E-state index contributed by atoms with van der Waals surface area (Å²) in [6.07, 6.45) is 4.75. The lowest BCUT2D eigenvalue weighted by Crippen LogP contribution is -2.44. The minimum Gasteiger partial charge on any atom is -0.324 e. The van der Waals surface area contributed by atoms with Crippen molar-refractivity contribution in [3.05, 3.63) is 0 Å². The largest absolute Gasteiger partial charge is 0.324 e. The summed E-state index contributed by atoms with van der Waals surface area (Å²) < 4.78 is 0. The van der Waals surface area contributed by atoms with Crippen molar-refractivity contribution >= 4 is 18.0 Å². The first-order valence-corrected chi connectivity index (χ1v) is 5.23. The van der Waals surface area contributed by atoms with Gasteiger partial charge >= 0.3 is 0 Å². The third kappa shape index (κ3) is 2.83. The summed E-state index contributed by atoms with van der Waals surface area (Å²) in [6, 6.07) is 0. The van der Waals surface area contributed by atoms with Gasteiger partial charge in [-0.15, -0.1) is 0 Å². The standard InChI is InChI=1S/C8H15NOS/c9-8(3-1-5-10)4-2-6-11-7-8/h5H,1-4,6-7,9H2. The number of nitrogens with two attached hydrogens (primary N) is 1. The van der Waals surface area contributed by atoms with Gasteiger partial charge in [-0.25, -0.2) is 0 Å². The van der Waals surface area contributed by atoms with E-state index in [1.165, 1.54) is 12.2 Å². The van der Waals surface area contributed by atoms with Gasteiger partial charge in [-0.2, -0.15) is 11.8 Å². The fourth-order valence-corrected chi connectivity index (χ4v) is 2.61. The van der Waals surface area contributed by atoms with E-state index in [0.717, 1.165) is 24.9 Å². The molecule has 11 heavy (non-hydrogen) atoms. The lowest BCUT2D eigenvalue weighted by atomic mass is 9.91. The van der Waals surface area contributed by atoms with Gasteiger partial charge in [0.05, 0.1) is 0 Å². The number of rotatable bonds is 3. The number of thioether (sulfide) groups is 1. The second kappa shape index (κ2) is 4.12. The van der Waals surface area contributed by atoms with E-state index < -0.39 is 0 Å². The van der Waals surface area contributed by atoms with Crippen molar-refractivity contribution in [1.29, 1.82) is 0 Å². The highest BCUT2D eigenvalue weighted by Crippen LogP contribution is 2.27. The molecule has 1 atom stereocenters. The lowest BCUT2D eigenvalue weighted by molar-refractivity contribution is -0.108. The Morgan fingerprint density at radius 2 is 2.45 bits per heavy atom. The molecule has 1 heterocycles. The van der Waals surface area contributed by atoms with Crippen LogP contribution in [0.25, 0.3) is 0 Å². The Labute approximate surface area is 71.9 Å². The maximum atomic E-state index is 10.1. The van der Waals surface area contributed by atoms with Crippen LogP contribution in [0.1, 0.15) is 25.7 Å². The quantitative estimate of drug-likeness (QED) is 0.652. The van der Waals surface area contributed by atoms with E-state index in [9.17, 15) is 4.79 Å². The van der Waals surface area contributed by atoms with E-state index in [1.807, 2.05) is 11.8 Å². The molecule has 0 spiro atoms. The predicted octanol–water partition coefficient (Wildman–Crippen LogP) is 1.19. The molecule has 2 nitrogen and oxygen atoms in total. The van der Waals surface area contributed by atoms with Crippen molar-refractivity contribution < 1.29 is 4.79 Å². The van der Waals surface area contributed by atoms with Gasteiger partial charge in [0.15, 0.2) is 0 Å². The van der Waals surface area contributed by atoms with E-state index >= 15 is 0 Å². The van der Waals surface area contributed by atoms with Crippen LogP contribution in [0.4, 0.5) is 0 Å². The molecule has 1 aliphatic heterocycles. The number of aldehydes is 1. The molecule has 0 aliphatic carbocycles. The summed E-state index contributed by atoms with van der Waals surface area (Å²) in [4.78, 5) is 10.1. The van der Waals surface area contributed by atoms with E-state index in [4.69, 9.17) is 5.73 Å². The molecule has 0 aromatic carbocycles. The highest BCUT2D eigenvalue weighted by atomic mass is 32.2. The average Bonchev–Trinajstić information content (AvgIpc) is 2.03. The average molecular weight is 173 g/mol. The van der Waals surface area contributed by atoms with Gasteiger partial charge in [0, 0.05) is 17.7 Å². The van der Waals surface area contributed by atoms with Gasteiger partial charge in [0.25, 0.3) is 0 Å². The molecule has 64 valence electrons. The second-order valence-corrected chi connectivity index (χ2v) is 4.33. The summed E-state index contributed by atoms with van der Waals surface area (Å²) >= 11 is 1.91. The van der Waals surface area contributed by atoms with E-state index in [-0.39, 0.29) is 5.54 Å². The van der Waals surface area contributed by atoms with Crippen molar-refractivity contribution in [2.24, 2.45) is 5.73 Å². The smallest absolute Gasteiger partial charge is 0.120 e. The number of carbonyl (C=O) groups excluding carboxylic acids is 1. The van der Waals surface area contributed by atoms with Crippen LogP contribution in [0.2, 0.25) is 0 Å². The van der Waals surface area contributed by atoms with Crippen molar-refractivity contribution in [3.8, 4) is 0 Å². The van der Waals surface area contributed by atoms with Gasteiger partial charge in [0.1, 0.15) is 6.29 Å². The van der Waals surface area contributed by atoms with Crippen LogP contribution in [0.15, 0.2) is 0 Å². The second-order valence-electron chi connectivity index (χ2n) is 3.22. The van der Waals surface area contributed by atoms with Crippen LogP contribution in [-0.2, 0) is 4.79 Å². The molecule has 2 N–H and O–H groups in total. The maximum Gasteiger partial charge on any atom is 0.120 e. The van der Waals surface area contributed by atoms with Crippen LogP contribution >= 0.6 is 11.8 Å². The zero-order valence-corrected chi connectivity index (χ0v) is 7.53. The number of carbonyl (C=O) groups is 1. The Balaban J connectivity index is 2.30. The molecule has 0 amide bonds. The molecule has 3 heteroatoms. The first kappa shape index (κ1) is 9.07. The molecule has 1 fully saturated rings.